The lowest BCUT2D eigenvalue weighted by atomic mass is 10.1. The number of rotatable bonds is 5. The fourth-order valence-electron chi connectivity index (χ4n) is 1.86. The van der Waals surface area contributed by atoms with Crippen molar-refractivity contribution in [2.75, 3.05) is 7.11 Å². The van der Waals surface area contributed by atoms with Crippen LogP contribution in [0.4, 0.5) is 0 Å². The van der Waals surface area contributed by atoms with E-state index in [1.165, 1.54) is 0 Å². The standard InChI is InChI=1S/C17H18N2O2/c1-13(15-8-10-16(21-2)11-9-15)18-19-17(20)12-14-6-4-3-5-7-14/h3-11H,12H2,1-2H3,(H,19,20)/b18-13+. The highest BCUT2D eigenvalue weighted by molar-refractivity contribution is 5.99. The smallest absolute Gasteiger partial charge is 0.244 e. The summed E-state index contributed by atoms with van der Waals surface area (Å²) in [4.78, 5) is 11.8. The summed E-state index contributed by atoms with van der Waals surface area (Å²) in [5.74, 6) is 0.661. The second-order valence-corrected chi connectivity index (χ2v) is 4.62. The predicted octanol–water partition coefficient (Wildman–Crippen LogP) is 2.78. The maximum atomic E-state index is 11.8. The molecule has 4 nitrogen and oxygen atoms in total. The molecule has 0 atom stereocenters. The molecule has 21 heavy (non-hydrogen) atoms. The highest BCUT2D eigenvalue weighted by Gasteiger charge is 2.03. The Kier molecular flexibility index (Phi) is 5.10. The minimum absolute atomic E-state index is 0.130. The summed E-state index contributed by atoms with van der Waals surface area (Å²) in [6, 6.07) is 17.1. The number of hydrazone groups is 1. The Morgan fingerprint density at radius 3 is 2.38 bits per heavy atom. The van der Waals surface area contributed by atoms with Crippen LogP contribution in [0.2, 0.25) is 0 Å². The average molecular weight is 282 g/mol. The molecule has 1 N–H and O–H groups in total. The van der Waals surface area contributed by atoms with Gasteiger partial charge in [-0.2, -0.15) is 5.10 Å². The van der Waals surface area contributed by atoms with E-state index in [4.69, 9.17) is 4.74 Å². The van der Waals surface area contributed by atoms with Crippen molar-refractivity contribution in [3.05, 3.63) is 65.7 Å². The molecule has 0 saturated heterocycles. The zero-order valence-corrected chi connectivity index (χ0v) is 12.2. The van der Waals surface area contributed by atoms with Crippen molar-refractivity contribution >= 4 is 11.6 Å². The summed E-state index contributed by atoms with van der Waals surface area (Å²) in [5, 5.41) is 4.12. The van der Waals surface area contributed by atoms with Crippen LogP contribution in [0.5, 0.6) is 5.75 Å². The zero-order valence-electron chi connectivity index (χ0n) is 12.2. The van der Waals surface area contributed by atoms with E-state index < -0.39 is 0 Å². The fourth-order valence-corrected chi connectivity index (χ4v) is 1.86. The number of carbonyl (C=O) groups excluding carboxylic acids is 1. The minimum atomic E-state index is -0.130. The summed E-state index contributed by atoms with van der Waals surface area (Å²) >= 11 is 0. The van der Waals surface area contributed by atoms with Gasteiger partial charge in [0.2, 0.25) is 5.91 Å². The molecule has 0 heterocycles. The highest BCUT2D eigenvalue weighted by atomic mass is 16.5. The van der Waals surface area contributed by atoms with Crippen LogP contribution in [0.15, 0.2) is 59.7 Å². The monoisotopic (exact) mass is 282 g/mol. The summed E-state index contributed by atoms with van der Waals surface area (Å²) in [6.45, 7) is 1.85. The first kappa shape index (κ1) is 14.8. The van der Waals surface area contributed by atoms with E-state index in [0.717, 1.165) is 22.6 Å². The van der Waals surface area contributed by atoms with E-state index in [0.29, 0.717) is 6.42 Å². The van der Waals surface area contributed by atoms with Crippen LogP contribution in [-0.4, -0.2) is 18.7 Å². The maximum absolute atomic E-state index is 11.8. The second-order valence-electron chi connectivity index (χ2n) is 4.62. The topological polar surface area (TPSA) is 50.7 Å². The Morgan fingerprint density at radius 2 is 1.76 bits per heavy atom. The van der Waals surface area contributed by atoms with Crippen molar-refractivity contribution < 1.29 is 9.53 Å². The average Bonchev–Trinajstić information content (AvgIpc) is 2.53. The van der Waals surface area contributed by atoms with Gasteiger partial charge in [0.05, 0.1) is 19.2 Å². The molecule has 2 rings (SSSR count). The van der Waals surface area contributed by atoms with Gasteiger partial charge in [-0.05, 0) is 42.3 Å². The van der Waals surface area contributed by atoms with Crippen molar-refractivity contribution in [3.63, 3.8) is 0 Å². The van der Waals surface area contributed by atoms with Gasteiger partial charge < -0.3 is 4.74 Å². The lowest BCUT2D eigenvalue weighted by Crippen LogP contribution is -2.21. The number of ether oxygens (including phenoxy) is 1. The molecule has 0 aromatic heterocycles. The fraction of sp³-hybridized carbons (Fsp3) is 0.176. The van der Waals surface area contributed by atoms with Gasteiger partial charge in [-0.15, -0.1) is 0 Å². The van der Waals surface area contributed by atoms with Crippen molar-refractivity contribution in [3.8, 4) is 5.75 Å². The largest absolute Gasteiger partial charge is 0.497 e. The van der Waals surface area contributed by atoms with Crippen LogP contribution in [0.3, 0.4) is 0 Å². The van der Waals surface area contributed by atoms with Crippen molar-refractivity contribution in [2.45, 2.75) is 13.3 Å². The zero-order chi connectivity index (χ0) is 15.1. The summed E-state index contributed by atoms with van der Waals surface area (Å²) in [5.41, 5.74) is 5.23. The highest BCUT2D eigenvalue weighted by Crippen LogP contribution is 2.11. The molecule has 0 bridgehead atoms. The normalized spacial score (nSPS) is 11.0. The number of hydrogen-bond donors (Lipinski definition) is 1. The first-order valence-corrected chi connectivity index (χ1v) is 6.70. The van der Waals surface area contributed by atoms with Crippen molar-refractivity contribution in [2.24, 2.45) is 5.10 Å². The van der Waals surface area contributed by atoms with Gasteiger partial charge in [0.15, 0.2) is 0 Å². The molecule has 4 heteroatoms. The van der Waals surface area contributed by atoms with Crippen molar-refractivity contribution in [1.29, 1.82) is 0 Å². The van der Waals surface area contributed by atoms with Crippen molar-refractivity contribution in [1.82, 2.24) is 5.43 Å². The van der Waals surface area contributed by atoms with E-state index >= 15 is 0 Å². The van der Waals surface area contributed by atoms with Gasteiger partial charge in [-0.3, -0.25) is 4.79 Å². The third-order valence-corrected chi connectivity index (χ3v) is 3.06. The van der Waals surface area contributed by atoms with Gasteiger partial charge in [0.25, 0.3) is 0 Å². The molecule has 2 aromatic rings. The number of nitrogens with zero attached hydrogens (tertiary/aromatic N) is 1. The van der Waals surface area contributed by atoms with Gasteiger partial charge in [-0.1, -0.05) is 30.3 Å². The third-order valence-electron chi connectivity index (χ3n) is 3.06. The number of carbonyl (C=O) groups is 1. The maximum Gasteiger partial charge on any atom is 0.244 e. The molecule has 0 spiro atoms. The molecule has 0 fully saturated rings. The first-order chi connectivity index (χ1) is 10.2. The van der Waals surface area contributed by atoms with E-state index in [1.807, 2.05) is 61.5 Å². The van der Waals surface area contributed by atoms with E-state index in [-0.39, 0.29) is 5.91 Å². The Balaban J connectivity index is 1.94. The number of benzene rings is 2. The lowest BCUT2D eigenvalue weighted by Gasteiger charge is -2.04. The van der Waals surface area contributed by atoms with Crippen LogP contribution in [-0.2, 0) is 11.2 Å². The minimum Gasteiger partial charge on any atom is -0.497 e. The molecule has 2 aromatic carbocycles. The van der Waals surface area contributed by atoms with E-state index in [1.54, 1.807) is 7.11 Å². The molecule has 0 aliphatic carbocycles. The number of hydrogen-bond acceptors (Lipinski definition) is 3. The molecule has 0 unspecified atom stereocenters. The molecule has 0 saturated carbocycles. The van der Waals surface area contributed by atoms with Gasteiger partial charge in [-0.25, -0.2) is 5.43 Å². The third kappa shape index (κ3) is 4.45. The van der Waals surface area contributed by atoms with E-state index in [9.17, 15) is 4.79 Å². The predicted molar refractivity (Wildman–Crippen MR) is 83.5 cm³/mol. The van der Waals surface area contributed by atoms with Crippen LogP contribution >= 0.6 is 0 Å². The molecule has 0 aliphatic heterocycles. The number of methoxy groups -OCH3 is 1. The summed E-state index contributed by atoms with van der Waals surface area (Å²) in [6.07, 6.45) is 0.320. The molecule has 1 amide bonds. The second kappa shape index (κ2) is 7.24. The Bertz CT molecular complexity index is 619. The number of amides is 1. The quantitative estimate of drug-likeness (QED) is 0.677. The van der Waals surface area contributed by atoms with Gasteiger partial charge in [0, 0.05) is 0 Å². The van der Waals surface area contributed by atoms with Crippen LogP contribution in [0.1, 0.15) is 18.1 Å². The molecule has 0 radical (unpaired) electrons. The summed E-state index contributed by atoms with van der Waals surface area (Å²) in [7, 11) is 1.62. The number of nitrogens with one attached hydrogen (secondary N) is 1. The molecular formula is C17H18N2O2. The molecular weight excluding hydrogens is 264 g/mol. The van der Waals surface area contributed by atoms with Gasteiger partial charge >= 0.3 is 0 Å². The summed E-state index contributed by atoms with van der Waals surface area (Å²) < 4.78 is 5.10. The van der Waals surface area contributed by atoms with Crippen LogP contribution in [0.25, 0.3) is 0 Å². The van der Waals surface area contributed by atoms with E-state index in [2.05, 4.69) is 10.5 Å². The van der Waals surface area contributed by atoms with Crippen LogP contribution in [0, 0.1) is 0 Å². The Hall–Kier alpha value is -2.62. The first-order valence-electron chi connectivity index (χ1n) is 6.70. The lowest BCUT2D eigenvalue weighted by molar-refractivity contribution is -0.120. The SMILES string of the molecule is COc1ccc(/C(C)=N/NC(=O)Cc2ccccc2)cc1. The molecule has 0 aliphatic rings. The molecule has 108 valence electrons. The Labute approximate surface area is 124 Å². The Morgan fingerprint density at radius 1 is 1.10 bits per heavy atom. The van der Waals surface area contributed by atoms with Crippen LogP contribution < -0.4 is 10.2 Å². The van der Waals surface area contributed by atoms with Gasteiger partial charge in [0.1, 0.15) is 5.75 Å².